The summed E-state index contributed by atoms with van der Waals surface area (Å²) in [5.74, 6) is -0.0387. The van der Waals surface area contributed by atoms with Gasteiger partial charge in [-0.15, -0.1) is 6.58 Å². The monoisotopic (exact) mass is 276 g/mol. The molecule has 1 aromatic rings. The van der Waals surface area contributed by atoms with Gasteiger partial charge in [0, 0.05) is 6.42 Å². The second-order valence-electron chi connectivity index (χ2n) is 4.89. The molecule has 0 bridgehead atoms. The summed E-state index contributed by atoms with van der Waals surface area (Å²) in [6.07, 6.45) is 10.1. The third-order valence-electron chi connectivity index (χ3n) is 3.13. The molecule has 20 heavy (non-hydrogen) atoms. The van der Waals surface area contributed by atoms with Crippen LogP contribution in [0.25, 0.3) is 0 Å². The Kier molecular flexibility index (Phi) is 8.20. The van der Waals surface area contributed by atoms with Crippen molar-refractivity contribution in [3.05, 3.63) is 36.9 Å². The fraction of sp³-hybridized carbons (Fsp3) is 0.471. The summed E-state index contributed by atoms with van der Waals surface area (Å²) >= 11 is 0. The molecule has 0 saturated carbocycles. The standard InChI is InChI=1S/C17H24O3/c1-2-3-4-5-6-7-8-9-14-17(19)20-16-13-11-10-12-15(16)18/h2,10-13,18H,1,3-9,14H2. The van der Waals surface area contributed by atoms with Crippen molar-refractivity contribution >= 4 is 5.97 Å². The molecular formula is C17H24O3. The first-order valence-electron chi connectivity index (χ1n) is 7.33. The Morgan fingerprint density at radius 2 is 1.75 bits per heavy atom. The van der Waals surface area contributed by atoms with Crippen LogP contribution in [0.3, 0.4) is 0 Å². The number of rotatable bonds is 10. The van der Waals surface area contributed by atoms with Gasteiger partial charge in [0.05, 0.1) is 0 Å². The molecule has 0 radical (unpaired) electrons. The summed E-state index contributed by atoms with van der Waals surface area (Å²) in [5.41, 5.74) is 0. The van der Waals surface area contributed by atoms with Crippen LogP contribution in [-0.4, -0.2) is 11.1 Å². The molecule has 0 heterocycles. The second-order valence-corrected chi connectivity index (χ2v) is 4.89. The van der Waals surface area contributed by atoms with Crippen LogP contribution in [0.1, 0.15) is 51.4 Å². The molecule has 0 atom stereocenters. The van der Waals surface area contributed by atoms with Crippen LogP contribution < -0.4 is 4.74 Å². The summed E-state index contributed by atoms with van der Waals surface area (Å²) < 4.78 is 5.10. The Labute approximate surface area is 121 Å². The number of carbonyl (C=O) groups is 1. The SMILES string of the molecule is C=CCCCCCCCCC(=O)Oc1ccccc1O. The van der Waals surface area contributed by atoms with E-state index in [1.807, 2.05) is 6.08 Å². The van der Waals surface area contributed by atoms with E-state index in [9.17, 15) is 9.90 Å². The van der Waals surface area contributed by atoms with Crippen LogP contribution >= 0.6 is 0 Å². The highest BCUT2D eigenvalue weighted by molar-refractivity contribution is 5.73. The van der Waals surface area contributed by atoms with Crippen LogP contribution in [-0.2, 0) is 4.79 Å². The Morgan fingerprint density at radius 3 is 2.45 bits per heavy atom. The minimum absolute atomic E-state index is 0.00284. The van der Waals surface area contributed by atoms with Crippen LogP contribution in [0.4, 0.5) is 0 Å². The zero-order valence-electron chi connectivity index (χ0n) is 12.0. The molecule has 1 N–H and O–H groups in total. The van der Waals surface area contributed by atoms with Gasteiger partial charge in [0.2, 0.25) is 0 Å². The Balaban J connectivity index is 2.06. The van der Waals surface area contributed by atoms with Gasteiger partial charge < -0.3 is 9.84 Å². The largest absolute Gasteiger partial charge is 0.504 e. The van der Waals surface area contributed by atoms with Crippen molar-refractivity contribution in [1.29, 1.82) is 0 Å². The number of esters is 1. The number of allylic oxidation sites excluding steroid dienone is 1. The van der Waals surface area contributed by atoms with Crippen molar-refractivity contribution in [3.8, 4) is 11.5 Å². The molecule has 110 valence electrons. The lowest BCUT2D eigenvalue weighted by Crippen LogP contribution is -2.07. The minimum atomic E-state index is -0.279. The smallest absolute Gasteiger partial charge is 0.311 e. The summed E-state index contributed by atoms with van der Waals surface area (Å²) in [7, 11) is 0. The van der Waals surface area contributed by atoms with E-state index in [0.717, 1.165) is 25.7 Å². The van der Waals surface area contributed by atoms with Gasteiger partial charge >= 0.3 is 5.97 Å². The molecule has 0 spiro atoms. The summed E-state index contributed by atoms with van der Waals surface area (Å²) in [6, 6.07) is 6.52. The van der Waals surface area contributed by atoms with Gasteiger partial charge in [-0.3, -0.25) is 4.79 Å². The fourth-order valence-electron chi connectivity index (χ4n) is 1.98. The molecule has 0 unspecified atom stereocenters. The van der Waals surface area contributed by atoms with Crippen molar-refractivity contribution in [2.75, 3.05) is 0 Å². The number of hydrogen-bond acceptors (Lipinski definition) is 3. The maximum atomic E-state index is 11.6. The molecule has 0 amide bonds. The van der Waals surface area contributed by atoms with Gasteiger partial charge in [0.1, 0.15) is 0 Å². The first kappa shape index (κ1) is 16.3. The molecular weight excluding hydrogens is 252 g/mol. The van der Waals surface area contributed by atoms with Gasteiger partial charge in [-0.05, 0) is 31.4 Å². The lowest BCUT2D eigenvalue weighted by molar-refractivity contribution is -0.134. The van der Waals surface area contributed by atoms with E-state index in [4.69, 9.17) is 4.74 Å². The minimum Gasteiger partial charge on any atom is -0.504 e. The zero-order chi connectivity index (χ0) is 14.6. The Morgan fingerprint density at radius 1 is 1.10 bits per heavy atom. The van der Waals surface area contributed by atoms with Crippen LogP contribution in [0.5, 0.6) is 11.5 Å². The number of benzene rings is 1. The Hall–Kier alpha value is -1.77. The normalized spacial score (nSPS) is 10.2. The summed E-state index contributed by atoms with van der Waals surface area (Å²) in [5, 5.41) is 9.49. The number of carbonyl (C=O) groups excluding carboxylic acids is 1. The molecule has 1 aromatic carbocycles. The van der Waals surface area contributed by atoms with E-state index >= 15 is 0 Å². The molecule has 3 heteroatoms. The van der Waals surface area contributed by atoms with Gasteiger partial charge in [-0.1, -0.05) is 43.9 Å². The van der Waals surface area contributed by atoms with E-state index in [0.29, 0.717) is 6.42 Å². The van der Waals surface area contributed by atoms with Crippen molar-refractivity contribution in [2.45, 2.75) is 51.4 Å². The average molecular weight is 276 g/mol. The highest BCUT2D eigenvalue weighted by atomic mass is 16.5. The molecule has 1 rings (SSSR count). The lowest BCUT2D eigenvalue weighted by atomic mass is 10.1. The second kappa shape index (κ2) is 10.1. The number of para-hydroxylation sites is 2. The topological polar surface area (TPSA) is 46.5 Å². The van der Waals surface area contributed by atoms with Crippen molar-refractivity contribution < 1.29 is 14.6 Å². The Bertz CT molecular complexity index is 412. The van der Waals surface area contributed by atoms with Gasteiger partial charge in [0.25, 0.3) is 0 Å². The van der Waals surface area contributed by atoms with Gasteiger partial charge in [-0.2, -0.15) is 0 Å². The molecule has 0 saturated heterocycles. The predicted octanol–water partition coefficient (Wildman–Crippen LogP) is 4.60. The third-order valence-corrected chi connectivity index (χ3v) is 3.13. The van der Waals surface area contributed by atoms with E-state index < -0.39 is 0 Å². The lowest BCUT2D eigenvalue weighted by Gasteiger charge is -2.05. The van der Waals surface area contributed by atoms with E-state index in [2.05, 4.69) is 6.58 Å². The number of aromatic hydroxyl groups is 1. The quantitative estimate of drug-likeness (QED) is 0.294. The molecule has 0 fully saturated rings. The third kappa shape index (κ3) is 6.98. The number of phenolic OH excluding ortho intramolecular Hbond substituents is 1. The summed E-state index contributed by atoms with van der Waals surface area (Å²) in [4.78, 5) is 11.6. The highest BCUT2D eigenvalue weighted by Gasteiger charge is 2.07. The van der Waals surface area contributed by atoms with Crippen molar-refractivity contribution in [3.63, 3.8) is 0 Å². The highest BCUT2D eigenvalue weighted by Crippen LogP contribution is 2.24. The predicted molar refractivity (Wildman–Crippen MR) is 80.9 cm³/mol. The van der Waals surface area contributed by atoms with Crippen LogP contribution in [0, 0.1) is 0 Å². The number of hydrogen-bond donors (Lipinski definition) is 1. The van der Waals surface area contributed by atoms with Crippen molar-refractivity contribution in [1.82, 2.24) is 0 Å². The van der Waals surface area contributed by atoms with Crippen molar-refractivity contribution in [2.24, 2.45) is 0 Å². The fourth-order valence-corrected chi connectivity index (χ4v) is 1.98. The van der Waals surface area contributed by atoms with E-state index in [1.165, 1.54) is 25.3 Å². The van der Waals surface area contributed by atoms with Gasteiger partial charge in [0.15, 0.2) is 11.5 Å². The van der Waals surface area contributed by atoms with E-state index in [1.54, 1.807) is 18.2 Å². The van der Waals surface area contributed by atoms with Crippen LogP contribution in [0.15, 0.2) is 36.9 Å². The molecule has 0 aliphatic rings. The number of phenols is 1. The summed E-state index contributed by atoms with van der Waals surface area (Å²) in [6.45, 7) is 3.70. The van der Waals surface area contributed by atoms with Gasteiger partial charge in [-0.25, -0.2) is 0 Å². The maximum absolute atomic E-state index is 11.6. The zero-order valence-corrected chi connectivity index (χ0v) is 12.0. The molecule has 0 aliphatic heterocycles. The number of ether oxygens (including phenoxy) is 1. The first-order chi connectivity index (χ1) is 9.74. The average Bonchev–Trinajstić information content (AvgIpc) is 2.44. The molecule has 0 aromatic heterocycles. The number of unbranched alkanes of at least 4 members (excludes halogenated alkanes) is 6. The van der Waals surface area contributed by atoms with E-state index in [-0.39, 0.29) is 17.5 Å². The maximum Gasteiger partial charge on any atom is 0.311 e. The first-order valence-corrected chi connectivity index (χ1v) is 7.33. The molecule has 3 nitrogen and oxygen atoms in total. The van der Waals surface area contributed by atoms with Crippen LogP contribution in [0.2, 0.25) is 0 Å². The molecule has 0 aliphatic carbocycles.